The lowest BCUT2D eigenvalue weighted by atomic mass is 9.99. The van der Waals surface area contributed by atoms with Gasteiger partial charge in [-0.15, -0.1) is 0 Å². The van der Waals surface area contributed by atoms with Crippen molar-refractivity contribution in [2.24, 2.45) is 0 Å². The van der Waals surface area contributed by atoms with Gasteiger partial charge < -0.3 is 10.2 Å². The Kier molecular flexibility index (Phi) is 3.44. The van der Waals surface area contributed by atoms with Crippen molar-refractivity contribution in [3.8, 4) is 0 Å². The fourth-order valence-corrected chi connectivity index (χ4v) is 4.69. The molecule has 2 aliphatic rings. The number of nitrogens with zero attached hydrogens (tertiary/aromatic N) is 1. The summed E-state index contributed by atoms with van der Waals surface area (Å²) in [5.74, 6) is -0.476. The summed E-state index contributed by atoms with van der Waals surface area (Å²) >= 11 is 0. The van der Waals surface area contributed by atoms with Gasteiger partial charge in [-0.1, -0.05) is 30.3 Å². The van der Waals surface area contributed by atoms with Crippen molar-refractivity contribution in [2.75, 3.05) is 18.1 Å². The molecule has 21 heavy (non-hydrogen) atoms. The van der Waals surface area contributed by atoms with Crippen LogP contribution in [0.25, 0.3) is 0 Å². The molecule has 2 heterocycles. The van der Waals surface area contributed by atoms with Crippen LogP contribution in [0.4, 0.5) is 0 Å². The van der Waals surface area contributed by atoms with E-state index in [4.69, 9.17) is 0 Å². The largest absolute Gasteiger partial charge is 0.345 e. The molecule has 0 aliphatic carbocycles. The van der Waals surface area contributed by atoms with Gasteiger partial charge in [-0.05, 0) is 12.0 Å². The Morgan fingerprint density at radius 1 is 1.14 bits per heavy atom. The third kappa shape index (κ3) is 2.65. The molecule has 0 saturated carbocycles. The summed E-state index contributed by atoms with van der Waals surface area (Å²) in [6.45, 7) is -0.0707. The van der Waals surface area contributed by atoms with Crippen molar-refractivity contribution in [3.05, 3.63) is 35.9 Å². The molecule has 2 unspecified atom stereocenters. The molecule has 112 valence electrons. The monoisotopic (exact) mass is 308 g/mol. The summed E-state index contributed by atoms with van der Waals surface area (Å²) in [7, 11) is -3.12. The van der Waals surface area contributed by atoms with Crippen LogP contribution in [0.1, 0.15) is 18.0 Å². The first-order valence-electron chi connectivity index (χ1n) is 6.82. The summed E-state index contributed by atoms with van der Waals surface area (Å²) in [5.41, 5.74) is 0.701. The minimum Gasteiger partial charge on any atom is -0.345 e. The molecule has 2 amide bonds. The Bertz CT molecular complexity index is 671. The fraction of sp³-hybridized carbons (Fsp3) is 0.429. The lowest BCUT2D eigenvalue weighted by Gasteiger charge is -2.38. The molecule has 0 spiro atoms. The number of benzene rings is 1. The van der Waals surface area contributed by atoms with E-state index in [1.165, 1.54) is 4.90 Å². The van der Waals surface area contributed by atoms with Crippen LogP contribution in [0, 0.1) is 0 Å². The Balaban J connectivity index is 1.97. The molecule has 2 saturated heterocycles. The molecule has 0 aromatic heterocycles. The van der Waals surface area contributed by atoms with E-state index in [0.29, 0.717) is 12.0 Å². The Morgan fingerprint density at radius 3 is 2.48 bits per heavy atom. The third-order valence-electron chi connectivity index (χ3n) is 3.95. The molecule has 6 nitrogen and oxygen atoms in total. The van der Waals surface area contributed by atoms with Crippen LogP contribution >= 0.6 is 0 Å². The van der Waals surface area contributed by atoms with Crippen molar-refractivity contribution in [3.63, 3.8) is 0 Å². The van der Waals surface area contributed by atoms with Crippen LogP contribution in [0.5, 0.6) is 0 Å². The Morgan fingerprint density at radius 2 is 1.86 bits per heavy atom. The third-order valence-corrected chi connectivity index (χ3v) is 5.70. The van der Waals surface area contributed by atoms with E-state index in [2.05, 4.69) is 5.32 Å². The summed E-state index contributed by atoms with van der Waals surface area (Å²) in [6, 6.07) is 7.82. The summed E-state index contributed by atoms with van der Waals surface area (Å²) in [6.07, 6.45) is 0.394. The molecule has 1 aromatic rings. The normalized spacial score (nSPS) is 28.5. The minimum atomic E-state index is -3.12. The number of rotatable bonds is 2. The zero-order valence-electron chi connectivity index (χ0n) is 11.4. The number of carbonyl (C=O) groups excluding carboxylic acids is 2. The zero-order valence-corrected chi connectivity index (χ0v) is 12.2. The molecule has 1 aromatic carbocycles. The first-order chi connectivity index (χ1) is 9.98. The first-order valence-corrected chi connectivity index (χ1v) is 8.64. The highest BCUT2D eigenvalue weighted by Crippen LogP contribution is 2.30. The summed E-state index contributed by atoms with van der Waals surface area (Å²) in [4.78, 5) is 25.9. The number of nitrogens with one attached hydrogen (secondary N) is 1. The molecule has 2 fully saturated rings. The molecule has 1 N–H and O–H groups in total. The summed E-state index contributed by atoms with van der Waals surface area (Å²) < 4.78 is 23.4. The van der Waals surface area contributed by atoms with Gasteiger partial charge in [-0.2, -0.15) is 0 Å². The quantitative estimate of drug-likeness (QED) is 0.825. The highest BCUT2D eigenvalue weighted by molar-refractivity contribution is 7.91. The van der Waals surface area contributed by atoms with Crippen molar-refractivity contribution < 1.29 is 18.0 Å². The Hall–Kier alpha value is -1.89. The van der Waals surface area contributed by atoms with Crippen LogP contribution in [-0.4, -0.2) is 49.2 Å². The van der Waals surface area contributed by atoms with Gasteiger partial charge in [0.25, 0.3) is 0 Å². The molecular weight excluding hydrogens is 292 g/mol. The van der Waals surface area contributed by atoms with Crippen molar-refractivity contribution in [2.45, 2.75) is 18.5 Å². The second-order valence-corrected chi connectivity index (χ2v) is 7.62. The average molecular weight is 308 g/mol. The predicted molar refractivity (Wildman–Crippen MR) is 76.1 cm³/mol. The second-order valence-electron chi connectivity index (χ2n) is 5.39. The van der Waals surface area contributed by atoms with Crippen LogP contribution in [0.3, 0.4) is 0 Å². The van der Waals surface area contributed by atoms with Crippen LogP contribution in [0.15, 0.2) is 30.3 Å². The van der Waals surface area contributed by atoms with Crippen molar-refractivity contribution in [1.29, 1.82) is 0 Å². The number of hydrogen-bond donors (Lipinski definition) is 1. The van der Waals surface area contributed by atoms with Gasteiger partial charge in [0.2, 0.25) is 11.8 Å². The van der Waals surface area contributed by atoms with E-state index in [1.54, 1.807) is 24.3 Å². The van der Waals surface area contributed by atoms with E-state index in [-0.39, 0.29) is 29.9 Å². The molecule has 7 heteroatoms. The standard InChI is InChI=1S/C14H16N2O4S/c17-12-8-15-14(18)13(10-4-2-1-3-5-10)16(12)11-6-7-21(19,20)9-11/h1-5,11,13H,6-9H2,(H,15,18). The molecule has 0 radical (unpaired) electrons. The van der Waals surface area contributed by atoms with Gasteiger partial charge in [0.05, 0.1) is 18.1 Å². The van der Waals surface area contributed by atoms with Crippen molar-refractivity contribution >= 4 is 21.7 Å². The van der Waals surface area contributed by atoms with Gasteiger partial charge in [0.15, 0.2) is 9.84 Å². The SMILES string of the molecule is O=C1NCC(=O)N(C2CCS(=O)(=O)C2)C1c1ccccc1. The highest BCUT2D eigenvalue weighted by Gasteiger charge is 2.43. The van der Waals surface area contributed by atoms with E-state index < -0.39 is 21.9 Å². The number of hydrogen-bond acceptors (Lipinski definition) is 4. The van der Waals surface area contributed by atoms with Crippen molar-refractivity contribution in [1.82, 2.24) is 10.2 Å². The fourth-order valence-electron chi connectivity index (χ4n) is 2.98. The van der Waals surface area contributed by atoms with Crippen LogP contribution in [-0.2, 0) is 19.4 Å². The summed E-state index contributed by atoms with van der Waals surface area (Å²) in [5, 5.41) is 2.57. The molecule has 2 aliphatic heterocycles. The average Bonchev–Trinajstić information content (AvgIpc) is 2.82. The minimum absolute atomic E-state index is 0.0602. The van der Waals surface area contributed by atoms with Crippen LogP contribution < -0.4 is 5.32 Å². The molecule has 0 bridgehead atoms. The maximum absolute atomic E-state index is 12.2. The van der Waals surface area contributed by atoms with Gasteiger partial charge in [-0.25, -0.2) is 8.42 Å². The van der Waals surface area contributed by atoms with E-state index >= 15 is 0 Å². The second kappa shape index (κ2) is 5.14. The van der Waals surface area contributed by atoms with E-state index in [9.17, 15) is 18.0 Å². The van der Waals surface area contributed by atoms with Gasteiger partial charge in [-0.3, -0.25) is 9.59 Å². The molecular formula is C14H16N2O4S. The van der Waals surface area contributed by atoms with E-state index in [0.717, 1.165) is 0 Å². The lowest BCUT2D eigenvalue weighted by molar-refractivity contribution is -0.148. The first kappa shape index (κ1) is 14.1. The van der Waals surface area contributed by atoms with Gasteiger partial charge in [0.1, 0.15) is 6.04 Å². The van der Waals surface area contributed by atoms with Gasteiger partial charge >= 0.3 is 0 Å². The molecule has 3 rings (SSSR count). The maximum Gasteiger partial charge on any atom is 0.247 e. The highest BCUT2D eigenvalue weighted by atomic mass is 32.2. The lowest BCUT2D eigenvalue weighted by Crippen LogP contribution is -2.57. The number of piperazine rings is 1. The Labute approximate surface area is 123 Å². The predicted octanol–water partition coefficient (Wildman–Crippen LogP) is -0.127. The smallest absolute Gasteiger partial charge is 0.247 e. The number of sulfone groups is 1. The molecule has 2 atom stereocenters. The zero-order chi connectivity index (χ0) is 15.0. The topological polar surface area (TPSA) is 83.6 Å². The number of carbonyl (C=O) groups is 2. The number of amides is 2. The maximum atomic E-state index is 12.2. The van der Waals surface area contributed by atoms with E-state index in [1.807, 2.05) is 6.07 Å². The van der Waals surface area contributed by atoms with Gasteiger partial charge in [0, 0.05) is 6.04 Å². The van der Waals surface area contributed by atoms with Crippen LogP contribution in [0.2, 0.25) is 0 Å².